The molecule has 1 saturated carbocycles. The molecule has 2 heterocycles. The first-order valence-corrected chi connectivity index (χ1v) is 10.2. The number of hydrogen-bond acceptors (Lipinski definition) is 5. The third-order valence-corrected chi connectivity index (χ3v) is 6.28. The Morgan fingerprint density at radius 3 is 2.93 bits per heavy atom. The number of para-hydroxylation sites is 1. The van der Waals surface area contributed by atoms with Gasteiger partial charge >= 0.3 is 5.97 Å². The topological polar surface area (TPSA) is 68.7 Å². The Hall–Kier alpha value is -3.34. The van der Waals surface area contributed by atoms with Gasteiger partial charge in [-0.1, -0.05) is 42.5 Å². The smallest absolute Gasteiger partial charge is 0.313 e. The standard InChI is InChI=1S/C25H23NO4/c1-16-10-19-14-30-24(28)25(19,12-16)13-17-6-9-23(22(27)11-17)29-15-20-8-7-18-4-2-3-5-21(18)26-20/h2-9,11,19,27H,1,10,12-15H2. The Labute approximate surface area is 175 Å². The van der Waals surface area contributed by atoms with Crippen molar-refractivity contribution in [1.82, 2.24) is 4.98 Å². The fourth-order valence-electron chi connectivity index (χ4n) is 4.76. The van der Waals surface area contributed by atoms with E-state index in [0.717, 1.165) is 34.2 Å². The lowest BCUT2D eigenvalue weighted by molar-refractivity contribution is -0.146. The van der Waals surface area contributed by atoms with E-state index in [0.29, 0.717) is 25.2 Å². The highest BCUT2D eigenvalue weighted by molar-refractivity contribution is 5.81. The molecule has 1 aromatic heterocycles. The average Bonchev–Trinajstić information content (AvgIpc) is 3.21. The van der Waals surface area contributed by atoms with E-state index >= 15 is 0 Å². The molecule has 1 saturated heterocycles. The van der Waals surface area contributed by atoms with Crippen molar-refractivity contribution in [3.8, 4) is 11.5 Å². The van der Waals surface area contributed by atoms with Crippen LogP contribution in [0.5, 0.6) is 11.5 Å². The second kappa shape index (κ2) is 7.17. The van der Waals surface area contributed by atoms with E-state index in [4.69, 9.17) is 9.47 Å². The summed E-state index contributed by atoms with van der Waals surface area (Å²) in [5.74, 6) is 0.486. The molecular weight excluding hydrogens is 378 g/mol. The maximum atomic E-state index is 12.5. The normalized spacial score (nSPS) is 22.9. The summed E-state index contributed by atoms with van der Waals surface area (Å²) < 4.78 is 11.1. The quantitative estimate of drug-likeness (QED) is 0.501. The number of allylic oxidation sites excluding steroid dienone is 1. The van der Waals surface area contributed by atoms with Gasteiger partial charge in [-0.3, -0.25) is 4.79 Å². The van der Waals surface area contributed by atoms with Gasteiger partial charge in [0.15, 0.2) is 11.5 Å². The minimum absolute atomic E-state index is 0.0597. The van der Waals surface area contributed by atoms with Gasteiger partial charge in [0.1, 0.15) is 6.61 Å². The second-order valence-corrected chi connectivity index (χ2v) is 8.35. The van der Waals surface area contributed by atoms with Gasteiger partial charge in [-0.05, 0) is 49.1 Å². The number of aromatic nitrogens is 1. The molecule has 2 unspecified atom stereocenters. The second-order valence-electron chi connectivity index (χ2n) is 8.35. The molecule has 5 heteroatoms. The number of rotatable bonds is 5. The lowest BCUT2D eigenvalue weighted by Gasteiger charge is -2.24. The number of esters is 1. The van der Waals surface area contributed by atoms with E-state index in [2.05, 4.69) is 11.6 Å². The summed E-state index contributed by atoms with van der Waals surface area (Å²) in [6.07, 6.45) is 2.02. The molecule has 1 aliphatic heterocycles. The van der Waals surface area contributed by atoms with Crippen molar-refractivity contribution in [1.29, 1.82) is 0 Å². The number of fused-ring (bicyclic) bond motifs is 2. The molecule has 0 spiro atoms. The summed E-state index contributed by atoms with van der Waals surface area (Å²) >= 11 is 0. The van der Waals surface area contributed by atoms with Gasteiger partial charge in [-0.15, -0.1) is 0 Å². The van der Waals surface area contributed by atoms with Gasteiger partial charge in [0.05, 0.1) is 23.2 Å². The van der Waals surface area contributed by atoms with E-state index in [1.807, 2.05) is 42.5 Å². The Kier molecular flexibility index (Phi) is 4.46. The fraction of sp³-hybridized carbons (Fsp3) is 0.280. The minimum atomic E-state index is -0.541. The van der Waals surface area contributed by atoms with E-state index in [1.165, 1.54) is 0 Å². The van der Waals surface area contributed by atoms with Crippen LogP contribution in [-0.2, 0) is 22.6 Å². The highest BCUT2D eigenvalue weighted by atomic mass is 16.5. The molecule has 1 N–H and O–H groups in total. The Morgan fingerprint density at radius 2 is 2.07 bits per heavy atom. The number of carbonyl (C=O) groups excluding carboxylic acids is 1. The van der Waals surface area contributed by atoms with Crippen molar-refractivity contribution >= 4 is 16.9 Å². The van der Waals surface area contributed by atoms with E-state index in [-0.39, 0.29) is 24.2 Å². The Balaban J connectivity index is 1.31. The number of aromatic hydroxyl groups is 1. The zero-order valence-electron chi connectivity index (χ0n) is 16.6. The first-order valence-electron chi connectivity index (χ1n) is 10.2. The van der Waals surface area contributed by atoms with Crippen LogP contribution in [0.2, 0.25) is 0 Å². The van der Waals surface area contributed by atoms with Gasteiger partial charge in [-0.25, -0.2) is 4.98 Å². The summed E-state index contributed by atoms with van der Waals surface area (Å²) in [5.41, 5.74) is 3.15. The number of cyclic esters (lactones) is 1. The number of carbonyl (C=O) groups is 1. The SMILES string of the molecule is C=C1CC2COC(=O)C2(Cc2ccc(OCc3ccc4ccccc4n3)c(O)c2)C1. The van der Waals surface area contributed by atoms with Gasteiger partial charge in [-0.2, -0.15) is 0 Å². The molecular formula is C25H23NO4. The molecule has 2 fully saturated rings. The largest absolute Gasteiger partial charge is 0.504 e. The number of ether oxygens (including phenoxy) is 2. The van der Waals surface area contributed by atoms with Crippen LogP contribution in [0.25, 0.3) is 10.9 Å². The highest BCUT2D eigenvalue weighted by Crippen LogP contribution is 2.52. The summed E-state index contributed by atoms with van der Waals surface area (Å²) in [6, 6.07) is 17.2. The predicted molar refractivity (Wildman–Crippen MR) is 113 cm³/mol. The first-order chi connectivity index (χ1) is 14.5. The number of nitrogens with zero attached hydrogens (tertiary/aromatic N) is 1. The van der Waals surface area contributed by atoms with Crippen LogP contribution in [0.3, 0.4) is 0 Å². The van der Waals surface area contributed by atoms with Crippen molar-refractivity contribution in [2.45, 2.75) is 25.9 Å². The van der Waals surface area contributed by atoms with Crippen molar-refractivity contribution in [3.63, 3.8) is 0 Å². The van der Waals surface area contributed by atoms with Crippen LogP contribution >= 0.6 is 0 Å². The van der Waals surface area contributed by atoms with Crippen LogP contribution in [0.4, 0.5) is 0 Å². The average molecular weight is 401 g/mol. The Bertz CT molecular complexity index is 1150. The van der Waals surface area contributed by atoms with Crippen LogP contribution < -0.4 is 4.74 Å². The van der Waals surface area contributed by atoms with Gasteiger partial charge < -0.3 is 14.6 Å². The number of benzene rings is 2. The van der Waals surface area contributed by atoms with Crippen LogP contribution in [-0.4, -0.2) is 22.7 Å². The highest BCUT2D eigenvalue weighted by Gasteiger charge is 2.55. The molecule has 3 aromatic rings. The molecule has 0 radical (unpaired) electrons. The summed E-state index contributed by atoms with van der Waals surface area (Å²) in [5, 5.41) is 11.6. The van der Waals surface area contributed by atoms with Crippen LogP contribution in [0, 0.1) is 11.3 Å². The number of phenolic OH excluding ortho intramolecular Hbond substituents is 1. The lowest BCUT2D eigenvalue weighted by atomic mass is 9.75. The number of pyridine rings is 1. The maximum absolute atomic E-state index is 12.5. The van der Waals surface area contributed by atoms with Crippen molar-refractivity contribution in [2.75, 3.05) is 6.61 Å². The molecule has 2 aliphatic rings. The van der Waals surface area contributed by atoms with E-state index in [1.54, 1.807) is 12.1 Å². The molecule has 1 aliphatic carbocycles. The zero-order valence-corrected chi connectivity index (χ0v) is 16.6. The Morgan fingerprint density at radius 1 is 1.20 bits per heavy atom. The molecule has 2 aromatic carbocycles. The van der Waals surface area contributed by atoms with Crippen LogP contribution in [0.1, 0.15) is 24.1 Å². The predicted octanol–water partition coefficient (Wildman–Crippen LogP) is 4.57. The third-order valence-electron chi connectivity index (χ3n) is 6.28. The van der Waals surface area contributed by atoms with Crippen molar-refractivity contribution in [2.24, 2.45) is 11.3 Å². The fourth-order valence-corrected chi connectivity index (χ4v) is 4.76. The molecule has 0 bridgehead atoms. The van der Waals surface area contributed by atoms with Crippen molar-refractivity contribution in [3.05, 3.63) is 78.0 Å². The molecule has 30 heavy (non-hydrogen) atoms. The van der Waals surface area contributed by atoms with Crippen molar-refractivity contribution < 1.29 is 19.4 Å². The van der Waals surface area contributed by atoms with Crippen LogP contribution in [0.15, 0.2) is 66.7 Å². The molecule has 152 valence electrons. The minimum Gasteiger partial charge on any atom is -0.504 e. The maximum Gasteiger partial charge on any atom is 0.313 e. The van der Waals surface area contributed by atoms with E-state index < -0.39 is 5.41 Å². The van der Waals surface area contributed by atoms with Gasteiger partial charge in [0.25, 0.3) is 0 Å². The van der Waals surface area contributed by atoms with Gasteiger partial charge in [0, 0.05) is 11.3 Å². The summed E-state index contributed by atoms with van der Waals surface area (Å²) in [6.45, 7) is 4.80. The lowest BCUT2D eigenvalue weighted by Crippen LogP contribution is -2.31. The molecule has 5 rings (SSSR count). The molecule has 0 amide bonds. The zero-order chi connectivity index (χ0) is 20.7. The van der Waals surface area contributed by atoms with Gasteiger partial charge in [0.2, 0.25) is 0 Å². The molecule has 2 atom stereocenters. The molecule has 5 nitrogen and oxygen atoms in total. The number of phenols is 1. The third kappa shape index (κ3) is 3.20. The summed E-state index contributed by atoms with van der Waals surface area (Å²) in [4.78, 5) is 17.1. The summed E-state index contributed by atoms with van der Waals surface area (Å²) in [7, 11) is 0. The monoisotopic (exact) mass is 401 g/mol. The number of hydrogen-bond donors (Lipinski definition) is 1. The van der Waals surface area contributed by atoms with E-state index in [9.17, 15) is 9.90 Å². The first kappa shape index (κ1) is 18.7.